The Kier molecular flexibility index (Phi) is 8.89. The maximum atomic E-state index is 12.3. The van der Waals surface area contributed by atoms with E-state index in [0.29, 0.717) is 19.1 Å². The van der Waals surface area contributed by atoms with Crippen LogP contribution < -0.4 is 10.6 Å². The van der Waals surface area contributed by atoms with Gasteiger partial charge in [0.1, 0.15) is 5.60 Å². The summed E-state index contributed by atoms with van der Waals surface area (Å²) < 4.78 is 10.8. The summed E-state index contributed by atoms with van der Waals surface area (Å²) in [6.45, 7) is 11.2. The Morgan fingerprint density at radius 2 is 1.92 bits per heavy atom. The fourth-order valence-corrected chi connectivity index (χ4v) is 2.17. The van der Waals surface area contributed by atoms with Crippen LogP contribution in [0.2, 0.25) is 0 Å². The minimum Gasteiger partial charge on any atom is -0.444 e. The first kappa shape index (κ1) is 20.5. The molecule has 7 nitrogen and oxygen atoms in total. The number of carbonyl (C=O) groups excluding carboxylic acids is 1. The molecule has 1 aliphatic carbocycles. The first-order chi connectivity index (χ1) is 11.4. The molecule has 0 spiro atoms. The van der Waals surface area contributed by atoms with Crippen molar-refractivity contribution in [1.29, 1.82) is 0 Å². The number of guanidine groups is 1. The Hall–Kier alpha value is -1.50. The monoisotopic (exact) mass is 342 g/mol. The average Bonchev–Trinajstić information content (AvgIpc) is 3.32. The number of carbonyl (C=O) groups is 1. The standard InChI is InChI=1S/C17H34N4O3/c1-6-23-13-7-10-19-15(18-5)20-11-12-21(14-8-9-14)16(22)24-17(2,3)4/h14H,6-13H2,1-5H3,(H2,18,19,20). The molecule has 0 unspecified atom stereocenters. The summed E-state index contributed by atoms with van der Waals surface area (Å²) in [5, 5.41) is 6.48. The lowest BCUT2D eigenvalue weighted by Gasteiger charge is -2.27. The minimum absolute atomic E-state index is 0.230. The van der Waals surface area contributed by atoms with Crippen LogP contribution in [0.4, 0.5) is 4.79 Å². The zero-order chi connectivity index (χ0) is 18.0. The number of nitrogens with zero attached hydrogens (tertiary/aromatic N) is 2. The van der Waals surface area contributed by atoms with E-state index in [9.17, 15) is 4.79 Å². The number of amides is 1. The third-order valence-corrected chi connectivity index (χ3v) is 3.45. The predicted octanol–water partition coefficient (Wildman–Crippen LogP) is 1.98. The number of rotatable bonds is 9. The van der Waals surface area contributed by atoms with Gasteiger partial charge in [-0.05, 0) is 47.0 Å². The van der Waals surface area contributed by atoms with Crippen LogP contribution in [0.5, 0.6) is 0 Å². The van der Waals surface area contributed by atoms with Crippen molar-refractivity contribution in [1.82, 2.24) is 15.5 Å². The van der Waals surface area contributed by atoms with Gasteiger partial charge in [0.25, 0.3) is 0 Å². The summed E-state index contributed by atoms with van der Waals surface area (Å²) in [6, 6.07) is 0.322. The molecule has 1 fully saturated rings. The van der Waals surface area contributed by atoms with Crippen LogP contribution in [0.3, 0.4) is 0 Å². The third-order valence-electron chi connectivity index (χ3n) is 3.45. The average molecular weight is 342 g/mol. The molecule has 1 saturated carbocycles. The van der Waals surface area contributed by atoms with Gasteiger partial charge in [0.2, 0.25) is 0 Å². The quantitative estimate of drug-likeness (QED) is 0.381. The minimum atomic E-state index is -0.462. The molecule has 1 aliphatic rings. The topological polar surface area (TPSA) is 75.2 Å². The van der Waals surface area contributed by atoms with Crippen molar-refractivity contribution >= 4 is 12.1 Å². The summed E-state index contributed by atoms with van der Waals surface area (Å²) >= 11 is 0. The van der Waals surface area contributed by atoms with Crippen molar-refractivity contribution in [2.75, 3.05) is 39.9 Å². The smallest absolute Gasteiger partial charge is 0.410 e. The number of nitrogens with one attached hydrogen (secondary N) is 2. The molecule has 0 aromatic rings. The van der Waals surface area contributed by atoms with Crippen molar-refractivity contribution in [2.24, 2.45) is 4.99 Å². The van der Waals surface area contributed by atoms with Crippen molar-refractivity contribution in [2.45, 2.75) is 58.6 Å². The Morgan fingerprint density at radius 1 is 1.25 bits per heavy atom. The van der Waals surface area contributed by atoms with E-state index in [2.05, 4.69) is 15.6 Å². The summed E-state index contributed by atoms with van der Waals surface area (Å²) in [6.07, 6.45) is 2.82. The van der Waals surface area contributed by atoms with Crippen molar-refractivity contribution < 1.29 is 14.3 Å². The second-order valence-corrected chi connectivity index (χ2v) is 6.88. The molecule has 0 bridgehead atoms. The third kappa shape index (κ3) is 8.96. The molecule has 24 heavy (non-hydrogen) atoms. The Bertz CT molecular complexity index is 403. The van der Waals surface area contributed by atoms with Crippen molar-refractivity contribution in [3.63, 3.8) is 0 Å². The molecule has 0 aromatic heterocycles. The molecule has 0 heterocycles. The largest absolute Gasteiger partial charge is 0.444 e. The first-order valence-electron chi connectivity index (χ1n) is 8.89. The summed E-state index contributed by atoms with van der Waals surface area (Å²) in [5.41, 5.74) is -0.462. The normalized spacial score (nSPS) is 15.1. The van der Waals surface area contributed by atoms with Crippen LogP contribution >= 0.6 is 0 Å². The molecule has 0 atom stereocenters. The SMILES string of the molecule is CCOCCCNC(=NC)NCCN(C(=O)OC(C)(C)C)C1CC1. The Balaban J connectivity index is 2.29. The van der Waals surface area contributed by atoms with Gasteiger partial charge in [-0.2, -0.15) is 0 Å². The molecule has 140 valence electrons. The molecular formula is C17H34N4O3. The molecule has 0 aromatic carbocycles. The van der Waals surface area contributed by atoms with E-state index in [1.165, 1.54) is 0 Å². The van der Waals surface area contributed by atoms with E-state index in [1.54, 1.807) is 7.05 Å². The van der Waals surface area contributed by atoms with Gasteiger partial charge in [0.15, 0.2) is 5.96 Å². The molecule has 7 heteroatoms. The van der Waals surface area contributed by atoms with E-state index < -0.39 is 5.60 Å². The van der Waals surface area contributed by atoms with Crippen molar-refractivity contribution in [3.8, 4) is 0 Å². The van der Waals surface area contributed by atoms with Gasteiger partial charge in [-0.25, -0.2) is 4.79 Å². The van der Waals surface area contributed by atoms with Gasteiger partial charge in [-0.3, -0.25) is 4.99 Å². The van der Waals surface area contributed by atoms with Crippen LogP contribution in [0.1, 0.15) is 47.0 Å². The molecule has 0 saturated heterocycles. The fraction of sp³-hybridized carbons (Fsp3) is 0.882. The highest BCUT2D eigenvalue weighted by Crippen LogP contribution is 2.27. The Labute approximate surface area is 146 Å². The predicted molar refractivity (Wildman–Crippen MR) is 96.4 cm³/mol. The van der Waals surface area contributed by atoms with E-state index >= 15 is 0 Å². The van der Waals surface area contributed by atoms with Gasteiger partial charge < -0.3 is 25.0 Å². The van der Waals surface area contributed by atoms with Crippen molar-refractivity contribution in [3.05, 3.63) is 0 Å². The number of ether oxygens (including phenoxy) is 2. The van der Waals surface area contributed by atoms with E-state index in [-0.39, 0.29) is 6.09 Å². The lowest BCUT2D eigenvalue weighted by atomic mass is 10.2. The van der Waals surface area contributed by atoms with E-state index in [0.717, 1.165) is 45.0 Å². The van der Waals surface area contributed by atoms with Crippen LogP contribution in [0, 0.1) is 0 Å². The number of hydrogen-bond donors (Lipinski definition) is 2. The second-order valence-electron chi connectivity index (χ2n) is 6.88. The summed E-state index contributed by atoms with van der Waals surface area (Å²) in [5.74, 6) is 0.742. The van der Waals surface area contributed by atoms with Crippen LogP contribution in [0.15, 0.2) is 4.99 Å². The Morgan fingerprint density at radius 3 is 2.46 bits per heavy atom. The fourth-order valence-electron chi connectivity index (χ4n) is 2.17. The van der Waals surface area contributed by atoms with Gasteiger partial charge in [-0.15, -0.1) is 0 Å². The number of aliphatic imine (C=N–C) groups is 1. The lowest BCUT2D eigenvalue weighted by Crippen LogP contribution is -2.45. The highest BCUT2D eigenvalue weighted by atomic mass is 16.6. The zero-order valence-corrected chi connectivity index (χ0v) is 15.9. The first-order valence-corrected chi connectivity index (χ1v) is 8.89. The highest BCUT2D eigenvalue weighted by molar-refractivity contribution is 5.79. The van der Waals surface area contributed by atoms with Crippen LogP contribution in [-0.4, -0.2) is 68.5 Å². The van der Waals surface area contributed by atoms with Crippen LogP contribution in [-0.2, 0) is 9.47 Å². The van der Waals surface area contributed by atoms with Gasteiger partial charge in [-0.1, -0.05) is 0 Å². The molecular weight excluding hydrogens is 308 g/mol. The summed E-state index contributed by atoms with van der Waals surface area (Å²) in [4.78, 5) is 18.3. The molecule has 1 rings (SSSR count). The number of hydrogen-bond acceptors (Lipinski definition) is 4. The van der Waals surface area contributed by atoms with E-state index in [4.69, 9.17) is 9.47 Å². The van der Waals surface area contributed by atoms with Crippen LogP contribution in [0.25, 0.3) is 0 Å². The maximum absolute atomic E-state index is 12.3. The van der Waals surface area contributed by atoms with Gasteiger partial charge in [0, 0.05) is 45.9 Å². The summed E-state index contributed by atoms with van der Waals surface area (Å²) in [7, 11) is 1.74. The zero-order valence-electron chi connectivity index (χ0n) is 15.9. The molecule has 0 aliphatic heterocycles. The molecule has 1 amide bonds. The maximum Gasteiger partial charge on any atom is 0.410 e. The van der Waals surface area contributed by atoms with Gasteiger partial charge >= 0.3 is 6.09 Å². The second kappa shape index (κ2) is 10.4. The molecule has 0 radical (unpaired) electrons. The molecule has 2 N–H and O–H groups in total. The van der Waals surface area contributed by atoms with E-state index in [1.807, 2.05) is 32.6 Å². The van der Waals surface area contributed by atoms with Gasteiger partial charge in [0.05, 0.1) is 0 Å². The highest BCUT2D eigenvalue weighted by Gasteiger charge is 2.34. The lowest BCUT2D eigenvalue weighted by molar-refractivity contribution is 0.0238.